The van der Waals surface area contributed by atoms with Gasteiger partial charge >= 0.3 is 0 Å². The van der Waals surface area contributed by atoms with E-state index in [1.54, 1.807) is 12.4 Å². The Kier molecular flexibility index (Phi) is 3.60. The van der Waals surface area contributed by atoms with Crippen LogP contribution in [0.25, 0.3) is 10.8 Å². The number of nitrogen functional groups attached to an aromatic ring is 1. The minimum atomic E-state index is 0.630. The summed E-state index contributed by atoms with van der Waals surface area (Å²) >= 11 is 0. The number of anilines is 3. The maximum atomic E-state index is 6.00. The maximum Gasteiger partial charge on any atom is 0.142 e. The average Bonchev–Trinajstić information content (AvgIpc) is 2.52. The van der Waals surface area contributed by atoms with Crippen molar-refractivity contribution < 1.29 is 4.74 Å². The molecule has 21 heavy (non-hydrogen) atoms. The van der Waals surface area contributed by atoms with Crippen LogP contribution in [0, 0.1) is 0 Å². The lowest BCUT2D eigenvalue weighted by molar-refractivity contribution is 0.342. The molecule has 0 spiro atoms. The molecule has 0 saturated carbocycles. The van der Waals surface area contributed by atoms with Crippen LogP contribution in [-0.2, 0) is 0 Å². The SMILES string of the molecule is CCOc1ccccc1Nc1ccc(N)c2cnccc12. The van der Waals surface area contributed by atoms with Crippen molar-refractivity contribution in [1.82, 2.24) is 4.98 Å². The summed E-state index contributed by atoms with van der Waals surface area (Å²) in [5.74, 6) is 0.832. The molecule has 0 bridgehead atoms. The van der Waals surface area contributed by atoms with E-state index in [1.807, 2.05) is 49.4 Å². The summed E-state index contributed by atoms with van der Waals surface area (Å²) < 4.78 is 5.65. The molecule has 0 unspecified atom stereocenters. The lowest BCUT2D eigenvalue weighted by Gasteiger charge is -2.14. The van der Waals surface area contributed by atoms with Gasteiger partial charge in [-0.2, -0.15) is 0 Å². The molecule has 2 aromatic carbocycles. The third-order valence-electron chi connectivity index (χ3n) is 3.31. The fourth-order valence-corrected chi connectivity index (χ4v) is 2.32. The lowest BCUT2D eigenvalue weighted by atomic mass is 10.1. The topological polar surface area (TPSA) is 60.2 Å². The molecule has 1 aromatic heterocycles. The fraction of sp³-hybridized carbons (Fsp3) is 0.118. The van der Waals surface area contributed by atoms with Gasteiger partial charge in [-0.15, -0.1) is 0 Å². The second-order valence-corrected chi connectivity index (χ2v) is 4.68. The zero-order valence-corrected chi connectivity index (χ0v) is 11.8. The molecule has 3 rings (SSSR count). The van der Waals surface area contributed by atoms with E-state index in [-0.39, 0.29) is 0 Å². The summed E-state index contributed by atoms with van der Waals surface area (Å²) in [6.45, 7) is 2.60. The van der Waals surface area contributed by atoms with Crippen molar-refractivity contribution in [2.75, 3.05) is 17.7 Å². The van der Waals surface area contributed by atoms with E-state index in [0.29, 0.717) is 6.61 Å². The molecule has 0 atom stereocenters. The summed E-state index contributed by atoms with van der Waals surface area (Å²) in [6, 6.07) is 13.7. The molecule has 0 amide bonds. The molecule has 1 heterocycles. The van der Waals surface area contributed by atoms with Gasteiger partial charge in [0.1, 0.15) is 5.75 Å². The average molecular weight is 279 g/mol. The van der Waals surface area contributed by atoms with E-state index in [4.69, 9.17) is 10.5 Å². The van der Waals surface area contributed by atoms with Crippen molar-refractivity contribution in [3.63, 3.8) is 0 Å². The number of nitrogens with two attached hydrogens (primary N) is 1. The Morgan fingerprint density at radius 1 is 1.05 bits per heavy atom. The lowest BCUT2D eigenvalue weighted by Crippen LogP contribution is -1.99. The number of nitrogens with zero attached hydrogens (tertiary/aromatic N) is 1. The first-order chi connectivity index (χ1) is 10.3. The standard InChI is InChI=1S/C17H17N3O/c1-2-21-17-6-4-3-5-16(17)20-15-8-7-14(18)13-11-19-10-9-12(13)15/h3-11,20H,2,18H2,1H3. The maximum absolute atomic E-state index is 6.00. The monoisotopic (exact) mass is 279 g/mol. The van der Waals surface area contributed by atoms with Crippen LogP contribution in [0.15, 0.2) is 54.9 Å². The van der Waals surface area contributed by atoms with Gasteiger partial charge < -0.3 is 15.8 Å². The number of aromatic nitrogens is 1. The molecule has 0 aliphatic carbocycles. The first-order valence-electron chi connectivity index (χ1n) is 6.90. The molecule has 0 radical (unpaired) electrons. The second-order valence-electron chi connectivity index (χ2n) is 4.68. The van der Waals surface area contributed by atoms with Gasteiger partial charge in [0.05, 0.1) is 12.3 Å². The summed E-state index contributed by atoms with van der Waals surface area (Å²) in [6.07, 6.45) is 3.55. The zero-order valence-electron chi connectivity index (χ0n) is 11.8. The van der Waals surface area contributed by atoms with Crippen molar-refractivity contribution in [3.05, 3.63) is 54.9 Å². The van der Waals surface area contributed by atoms with Crippen LogP contribution in [0.3, 0.4) is 0 Å². The quantitative estimate of drug-likeness (QED) is 0.710. The van der Waals surface area contributed by atoms with Crippen molar-refractivity contribution in [2.45, 2.75) is 6.92 Å². The largest absolute Gasteiger partial charge is 0.492 e. The number of para-hydroxylation sites is 2. The molecule has 3 N–H and O–H groups in total. The van der Waals surface area contributed by atoms with E-state index in [9.17, 15) is 0 Å². The number of hydrogen-bond acceptors (Lipinski definition) is 4. The van der Waals surface area contributed by atoms with Crippen LogP contribution >= 0.6 is 0 Å². The highest BCUT2D eigenvalue weighted by Gasteiger charge is 2.07. The normalized spacial score (nSPS) is 10.5. The highest BCUT2D eigenvalue weighted by atomic mass is 16.5. The molecular weight excluding hydrogens is 262 g/mol. The van der Waals surface area contributed by atoms with Crippen LogP contribution in [-0.4, -0.2) is 11.6 Å². The Hall–Kier alpha value is -2.75. The summed E-state index contributed by atoms with van der Waals surface area (Å²) in [4.78, 5) is 4.14. The number of benzene rings is 2. The molecule has 106 valence electrons. The van der Waals surface area contributed by atoms with Crippen molar-refractivity contribution >= 4 is 27.8 Å². The number of rotatable bonds is 4. The Balaban J connectivity index is 2.05. The Morgan fingerprint density at radius 3 is 2.76 bits per heavy atom. The number of nitrogens with one attached hydrogen (secondary N) is 1. The minimum Gasteiger partial charge on any atom is -0.492 e. The molecule has 0 saturated heterocycles. The molecule has 4 heteroatoms. The molecule has 3 aromatic rings. The predicted molar refractivity (Wildman–Crippen MR) is 87.0 cm³/mol. The summed E-state index contributed by atoms with van der Waals surface area (Å²) in [7, 11) is 0. The Bertz CT molecular complexity index is 771. The van der Waals surface area contributed by atoms with E-state index >= 15 is 0 Å². The Morgan fingerprint density at radius 2 is 1.90 bits per heavy atom. The third-order valence-corrected chi connectivity index (χ3v) is 3.31. The molecule has 0 aliphatic rings. The van der Waals surface area contributed by atoms with Gasteiger partial charge in [0.25, 0.3) is 0 Å². The zero-order chi connectivity index (χ0) is 14.7. The van der Waals surface area contributed by atoms with Crippen LogP contribution in [0.1, 0.15) is 6.92 Å². The fourth-order valence-electron chi connectivity index (χ4n) is 2.32. The number of ether oxygens (including phenoxy) is 1. The molecular formula is C17H17N3O. The molecule has 4 nitrogen and oxygen atoms in total. The third kappa shape index (κ3) is 2.60. The van der Waals surface area contributed by atoms with Crippen LogP contribution in [0.2, 0.25) is 0 Å². The van der Waals surface area contributed by atoms with Gasteiger partial charge in [0, 0.05) is 34.5 Å². The van der Waals surface area contributed by atoms with Gasteiger partial charge in [-0.3, -0.25) is 4.98 Å². The highest BCUT2D eigenvalue weighted by Crippen LogP contribution is 2.33. The van der Waals surface area contributed by atoms with E-state index < -0.39 is 0 Å². The number of fused-ring (bicyclic) bond motifs is 1. The van der Waals surface area contributed by atoms with E-state index in [1.165, 1.54) is 0 Å². The first-order valence-corrected chi connectivity index (χ1v) is 6.90. The van der Waals surface area contributed by atoms with Gasteiger partial charge in [0.2, 0.25) is 0 Å². The van der Waals surface area contributed by atoms with Crippen molar-refractivity contribution in [3.8, 4) is 5.75 Å². The van der Waals surface area contributed by atoms with Crippen LogP contribution < -0.4 is 15.8 Å². The first kappa shape index (κ1) is 13.2. The van der Waals surface area contributed by atoms with Gasteiger partial charge in [-0.05, 0) is 37.3 Å². The van der Waals surface area contributed by atoms with E-state index in [0.717, 1.165) is 33.6 Å². The van der Waals surface area contributed by atoms with Gasteiger partial charge in [0.15, 0.2) is 0 Å². The van der Waals surface area contributed by atoms with Crippen LogP contribution in [0.5, 0.6) is 5.75 Å². The molecule has 0 aliphatic heterocycles. The van der Waals surface area contributed by atoms with Crippen LogP contribution in [0.4, 0.5) is 17.1 Å². The second kappa shape index (κ2) is 5.71. The summed E-state index contributed by atoms with van der Waals surface area (Å²) in [5.41, 5.74) is 8.64. The molecule has 0 fully saturated rings. The number of hydrogen-bond donors (Lipinski definition) is 2. The smallest absolute Gasteiger partial charge is 0.142 e. The minimum absolute atomic E-state index is 0.630. The van der Waals surface area contributed by atoms with Gasteiger partial charge in [-0.1, -0.05) is 12.1 Å². The number of pyridine rings is 1. The Labute approximate surface area is 123 Å². The van der Waals surface area contributed by atoms with Crippen molar-refractivity contribution in [1.29, 1.82) is 0 Å². The predicted octanol–water partition coefficient (Wildman–Crippen LogP) is 3.96. The highest BCUT2D eigenvalue weighted by molar-refractivity contribution is 6.01. The van der Waals surface area contributed by atoms with E-state index in [2.05, 4.69) is 10.3 Å². The van der Waals surface area contributed by atoms with Gasteiger partial charge in [-0.25, -0.2) is 0 Å². The van der Waals surface area contributed by atoms with Crippen molar-refractivity contribution in [2.24, 2.45) is 0 Å². The summed E-state index contributed by atoms with van der Waals surface area (Å²) in [5, 5.41) is 5.40.